The van der Waals surface area contributed by atoms with Crippen LogP contribution >= 0.6 is 0 Å². The van der Waals surface area contributed by atoms with E-state index in [0.29, 0.717) is 29.5 Å². The molecule has 11 atom stereocenters. The van der Waals surface area contributed by atoms with Crippen LogP contribution in [0.3, 0.4) is 0 Å². The lowest BCUT2D eigenvalue weighted by Crippen LogP contribution is -2.55. The minimum atomic E-state index is -0.719. The molecule has 4 heterocycles. The van der Waals surface area contributed by atoms with Crippen molar-refractivity contribution < 1.29 is 15.0 Å². The average molecular weight is 395 g/mol. The number of hydrogen-bond donors (Lipinski definition) is 3. The second-order valence-corrected chi connectivity index (χ2v) is 9.95. The van der Waals surface area contributed by atoms with Crippen LogP contribution in [0.1, 0.15) is 54.4 Å². The molecule has 1 aromatic carbocycles. The van der Waals surface area contributed by atoms with Gasteiger partial charge in [-0.1, -0.05) is 43.3 Å². The van der Waals surface area contributed by atoms with E-state index in [4.69, 9.17) is 0 Å². The summed E-state index contributed by atoms with van der Waals surface area (Å²) in [6.45, 7) is 2.25. The predicted molar refractivity (Wildman–Crippen MR) is 109 cm³/mol. The van der Waals surface area contributed by atoms with E-state index in [9.17, 15) is 15.0 Å². The fourth-order valence-corrected chi connectivity index (χ4v) is 7.39. The Morgan fingerprint density at radius 2 is 1.90 bits per heavy atom. The largest absolute Gasteiger partial charge is 0.393 e. The Bertz CT molecular complexity index is 854. The van der Waals surface area contributed by atoms with Gasteiger partial charge in [-0.15, -0.1) is 0 Å². The lowest BCUT2D eigenvalue weighted by atomic mass is 9.69. The van der Waals surface area contributed by atoms with Crippen LogP contribution in [0, 0.1) is 17.8 Å². The molecule has 0 amide bonds. The molecule has 6 aliphatic rings. The first-order valence-electron chi connectivity index (χ1n) is 11.2. The van der Waals surface area contributed by atoms with Crippen LogP contribution in [-0.4, -0.2) is 57.4 Å². The lowest BCUT2D eigenvalue weighted by Gasteiger charge is -2.43. The smallest absolute Gasteiger partial charge is 0.150 e. The number of rotatable bonds is 4. The van der Waals surface area contributed by atoms with Gasteiger partial charge in [0.15, 0.2) is 0 Å². The number of aliphatic hydroxyl groups excluding tert-OH is 1. The fraction of sp³-hybridized carbons (Fsp3) is 0.625. The minimum absolute atomic E-state index is 0.132. The molecule has 3 N–H and O–H groups in total. The summed E-state index contributed by atoms with van der Waals surface area (Å²) < 4.78 is 0. The van der Waals surface area contributed by atoms with Crippen LogP contribution < -0.4 is 5.32 Å². The summed E-state index contributed by atoms with van der Waals surface area (Å²) in [6.07, 6.45) is 9.32. The maximum atomic E-state index is 11.7. The highest BCUT2D eigenvalue weighted by Crippen LogP contribution is 2.65. The maximum absolute atomic E-state index is 11.7. The molecule has 29 heavy (non-hydrogen) atoms. The number of aldehydes is 1. The Kier molecular flexibility index (Phi) is 3.93. The van der Waals surface area contributed by atoms with Crippen molar-refractivity contribution in [1.29, 1.82) is 0 Å². The van der Waals surface area contributed by atoms with E-state index in [1.54, 1.807) is 0 Å². The van der Waals surface area contributed by atoms with Crippen molar-refractivity contribution in [1.82, 2.24) is 10.2 Å². The van der Waals surface area contributed by atoms with Gasteiger partial charge in [-0.25, -0.2) is 0 Å². The number of hydrogen-bond acceptors (Lipinski definition) is 5. The molecule has 4 fully saturated rings. The van der Waals surface area contributed by atoms with Gasteiger partial charge in [0.05, 0.1) is 12.1 Å². The second-order valence-electron chi connectivity index (χ2n) is 9.95. The summed E-state index contributed by atoms with van der Waals surface area (Å²) in [5.41, 5.74) is 1.21. The summed E-state index contributed by atoms with van der Waals surface area (Å²) in [5, 5.41) is 25.7. The zero-order chi connectivity index (χ0) is 19.9. The molecule has 1 aromatic rings. The Morgan fingerprint density at radius 1 is 1.14 bits per heavy atom. The van der Waals surface area contributed by atoms with E-state index in [1.807, 2.05) is 12.1 Å². The van der Waals surface area contributed by atoms with Crippen molar-refractivity contribution in [2.45, 2.75) is 74.5 Å². The normalized spacial score (nSPS) is 50.2. The van der Waals surface area contributed by atoms with Gasteiger partial charge in [-0.2, -0.15) is 0 Å². The Labute approximate surface area is 171 Å². The van der Waals surface area contributed by atoms with E-state index in [2.05, 4.69) is 41.4 Å². The monoisotopic (exact) mass is 394 g/mol. The quantitative estimate of drug-likeness (QED) is 0.414. The average Bonchev–Trinajstić information content (AvgIpc) is 3.08. The topological polar surface area (TPSA) is 72.6 Å². The van der Waals surface area contributed by atoms with Crippen LogP contribution in [-0.2, 0) is 0 Å². The summed E-state index contributed by atoms with van der Waals surface area (Å²) >= 11 is 0. The van der Waals surface area contributed by atoms with Gasteiger partial charge in [0.1, 0.15) is 12.0 Å². The van der Waals surface area contributed by atoms with E-state index in [-0.39, 0.29) is 30.0 Å². The Hall–Kier alpha value is -1.53. The number of aliphatic hydroxyl groups is 2. The molecule has 7 rings (SSSR count). The molecule has 4 bridgehead atoms. The van der Waals surface area contributed by atoms with Gasteiger partial charge < -0.3 is 15.5 Å². The maximum Gasteiger partial charge on any atom is 0.150 e. The third-order valence-electron chi connectivity index (χ3n) is 8.79. The molecule has 0 radical (unpaired) electrons. The molecule has 4 aliphatic heterocycles. The zero-order valence-electron chi connectivity index (χ0n) is 16.8. The number of benzene rings is 1. The first-order valence-corrected chi connectivity index (χ1v) is 11.2. The highest BCUT2D eigenvalue weighted by Gasteiger charge is 2.78. The summed E-state index contributed by atoms with van der Waals surface area (Å²) in [6, 6.07) is 9.03. The van der Waals surface area contributed by atoms with Gasteiger partial charge in [0.2, 0.25) is 0 Å². The molecule has 154 valence electrons. The molecule has 1 saturated carbocycles. The third-order valence-corrected chi connectivity index (χ3v) is 8.79. The Morgan fingerprint density at radius 3 is 2.66 bits per heavy atom. The summed E-state index contributed by atoms with van der Waals surface area (Å²) in [5.74, 6) is 1.21. The number of piperidine rings is 2. The zero-order valence-corrected chi connectivity index (χ0v) is 16.8. The molecule has 5 nitrogen and oxygen atoms in total. The second kappa shape index (κ2) is 6.24. The van der Waals surface area contributed by atoms with Gasteiger partial charge in [-0.3, -0.25) is 9.69 Å². The lowest BCUT2D eigenvalue weighted by molar-refractivity contribution is 0.0130. The van der Waals surface area contributed by atoms with E-state index in [1.165, 1.54) is 5.56 Å². The van der Waals surface area contributed by atoms with Crippen molar-refractivity contribution in [3.05, 3.63) is 47.5 Å². The molecule has 0 spiro atoms. The van der Waals surface area contributed by atoms with Crippen LogP contribution in [0.15, 0.2) is 36.4 Å². The summed E-state index contributed by atoms with van der Waals surface area (Å²) in [7, 11) is 0. The number of carbonyl (C=O) groups excluding carboxylic acids is 1. The molecule has 5 heteroatoms. The van der Waals surface area contributed by atoms with Crippen LogP contribution in [0.2, 0.25) is 0 Å². The van der Waals surface area contributed by atoms with Gasteiger partial charge in [0, 0.05) is 41.4 Å². The van der Waals surface area contributed by atoms with Crippen LogP contribution in [0.4, 0.5) is 0 Å². The third kappa shape index (κ3) is 2.39. The highest BCUT2D eigenvalue weighted by atomic mass is 16.3. The first kappa shape index (κ1) is 18.3. The van der Waals surface area contributed by atoms with Crippen molar-refractivity contribution in [3.63, 3.8) is 0 Å². The standard InChI is InChI=1S/C24H30N2O3/c1-13(15-4-2-14(12-27)3-5-15)23-17-7-11-21-24(29,26(21)23)22(17)19-8-6-16-18(25-19)9-10-20(16)28/h2-5,7,11-13,16-23,25,28-29H,6,8-10H2,1H3. The van der Waals surface area contributed by atoms with Crippen LogP contribution in [0.25, 0.3) is 0 Å². The first-order chi connectivity index (χ1) is 14.0. The van der Waals surface area contributed by atoms with Crippen molar-refractivity contribution in [3.8, 4) is 0 Å². The predicted octanol–water partition coefficient (Wildman–Crippen LogP) is 2.05. The molecule has 3 saturated heterocycles. The molecule has 11 unspecified atom stereocenters. The molecule has 0 aromatic heterocycles. The Balaban J connectivity index is 1.27. The van der Waals surface area contributed by atoms with Crippen LogP contribution in [0.5, 0.6) is 0 Å². The molecular weight excluding hydrogens is 364 g/mol. The van der Waals surface area contributed by atoms with E-state index < -0.39 is 5.72 Å². The SMILES string of the molecule is CC(c1ccc(C=O)cc1)C1C2C=CC3N1C3(O)C2C1CCC2C(O)CCC2N1. The van der Waals surface area contributed by atoms with Gasteiger partial charge >= 0.3 is 0 Å². The minimum Gasteiger partial charge on any atom is -0.393 e. The van der Waals surface area contributed by atoms with Gasteiger partial charge in [-0.05, 0) is 37.2 Å². The number of nitrogens with zero attached hydrogens (tertiary/aromatic N) is 1. The number of fused-ring (bicyclic) bond motifs is 1. The highest BCUT2D eigenvalue weighted by molar-refractivity contribution is 5.74. The molecule has 2 aliphatic carbocycles. The van der Waals surface area contributed by atoms with Crippen molar-refractivity contribution in [2.75, 3.05) is 0 Å². The summed E-state index contributed by atoms with van der Waals surface area (Å²) in [4.78, 5) is 13.3. The number of carbonyl (C=O) groups is 1. The van der Waals surface area contributed by atoms with E-state index >= 15 is 0 Å². The number of nitrogens with one attached hydrogen (secondary N) is 1. The van der Waals surface area contributed by atoms with Crippen molar-refractivity contribution >= 4 is 6.29 Å². The van der Waals surface area contributed by atoms with Crippen molar-refractivity contribution in [2.24, 2.45) is 17.8 Å². The van der Waals surface area contributed by atoms with E-state index in [0.717, 1.165) is 32.0 Å². The van der Waals surface area contributed by atoms with Gasteiger partial charge in [0.25, 0.3) is 0 Å². The molecular formula is C24H30N2O3. The fourth-order valence-electron chi connectivity index (χ4n) is 7.39.